The largest absolute Gasteiger partial charge is 0.461 e. The highest BCUT2D eigenvalue weighted by atomic mass is 35.5. The summed E-state index contributed by atoms with van der Waals surface area (Å²) in [4.78, 5) is 11.2. The van der Waals surface area contributed by atoms with Gasteiger partial charge in [0.2, 0.25) is 5.91 Å². The molecule has 0 aliphatic heterocycles. The van der Waals surface area contributed by atoms with Crippen molar-refractivity contribution in [1.29, 1.82) is 0 Å². The Morgan fingerprint density at radius 2 is 2.12 bits per heavy atom. The van der Waals surface area contributed by atoms with Crippen LogP contribution in [0.5, 0.6) is 0 Å². The molecular formula is C17H17ClN4O2S. The smallest absolute Gasteiger partial charge is 0.219 e. The van der Waals surface area contributed by atoms with Gasteiger partial charge in [-0.1, -0.05) is 41.6 Å². The maximum atomic E-state index is 11.2. The normalized spacial score (nSPS) is 12.2. The number of halogens is 1. The van der Waals surface area contributed by atoms with Gasteiger partial charge in [-0.3, -0.25) is 9.36 Å². The highest BCUT2D eigenvalue weighted by molar-refractivity contribution is 7.99. The molecule has 1 amide bonds. The van der Waals surface area contributed by atoms with E-state index < -0.39 is 0 Å². The molecule has 0 spiro atoms. The fourth-order valence-corrected chi connectivity index (χ4v) is 3.82. The Balaban J connectivity index is 1.90. The zero-order valence-electron chi connectivity index (χ0n) is 13.6. The van der Waals surface area contributed by atoms with Crippen LogP contribution in [-0.4, -0.2) is 20.7 Å². The van der Waals surface area contributed by atoms with E-state index in [1.54, 1.807) is 18.4 Å². The number of carbonyl (C=O) groups excluding carboxylic acids is 1. The molecule has 0 radical (unpaired) electrons. The maximum absolute atomic E-state index is 11.2. The van der Waals surface area contributed by atoms with Crippen LogP contribution in [0.4, 0.5) is 0 Å². The maximum Gasteiger partial charge on any atom is 0.219 e. The monoisotopic (exact) mass is 376 g/mol. The first-order chi connectivity index (χ1) is 12.1. The van der Waals surface area contributed by atoms with Gasteiger partial charge in [-0.15, -0.1) is 10.2 Å². The molecule has 0 saturated carbocycles. The minimum atomic E-state index is -0.380. The van der Waals surface area contributed by atoms with Gasteiger partial charge in [0.1, 0.15) is 0 Å². The van der Waals surface area contributed by atoms with Crippen molar-refractivity contribution in [3.63, 3.8) is 0 Å². The van der Waals surface area contributed by atoms with Gasteiger partial charge in [0.25, 0.3) is 0 Å². The van der Waals surface area contributed by atoms with Crippen LogP contribution in [0.25, 0.3) is 11.6 Å². The molecule has 3 rings (SSSR count). The second-order valence-corrected chi connectivity index (χ2v) is 7.15. The molecule has 25 heavy (non-hydrogen) atoms. The number of nitrogens with zero attached hydrogens (tertiary/aromatic N) is 3. The summed E-state index contributed by atoms with van der Waals surface area (Å²) in [6, 6.07) is 11.3. The number of carbonyl (C=O) groups is 1. The minimum Gasteiger partial charge on any atom is -0.461 e. The number of aromatic nitrogens is 3. The topological polar surface area (TPSA) is 86.9 Å². The molecule has 6 nitrogen and oxygen atoms in total. The quantitative estimate of drug-likeness (QED) is 0.631. The Morgan fingerprint density at radius 1 is 1.32 bits per heavy atom. The molecule has 0 aliphatic carbocycles. The molecule has 2 heterocycles. The molecule has 3 aromatic rings. The van der Waals surface area contributed by atoms with Gasteiger partial charge in [0.05, 0.1) is 6.26 Å². The minimum absolute atomic E-state index is 0.0645. The summed E-state index contributed by atoms with van der Waals surface area (Å²) in [7, 11) is 0. The van der Waals surface area contributed by atoms with E-state index in [1.165, 1.54) is 11.8 Å². The number of benzene rings is 1. The highest BCUT2D eigenvalue weighted by Crippen LogP contribution is 2.38. The molecule has 0 fully saturated rings. The van der Waals surface area contributed by atoms with Crippen molar-refractivity contribution >= 4 is 29.3 Å². The lowest BCUT2D eigenvalue weighted by Gasteiger charge is -2.14. The predicted octanol–water partition coefficient (Wildman–Crippen LogP) is 3.92. The molecule has 2 aromatic heterocycles. The first kappa shape index (κ1) is 17.6. The van der Waals surface area contributed by atoms with E-state index in [9.17, 15) is 4.79 Å². The molecular weight excluding hydrogens is 360 g/mol. The fraction of sp³-hybridized carbons (Fsp3) is 0.235. The number of rotatable bonds is 7. The zero-order valence-corrected chi connectivity index (χ0v) is 15.1. The molecule has 1 aromatic carbocycles. The van der Waals surface area contributed by atoms with Crippen LogP contribution in [0.1, 0.15) is 24.2 Å². The van der Waals surface area contributed by atoms with E-state index in [-0.39, 0.29) is 17.6 Å². The SMILES string of the molecule is CC(Sc1nnc(-c2ccco2)n1CCC(N)=O)c1ccccc1Cl. The summed E-state index contributed by atoms with van der Waals surface area (Å²) >= 11 is 7.80. The Morgan fingerprint density at radius 3 is 2.80 bits per heavy atom. The van der Waals surface area contributed by atoms with Crippen LogP contribution >= 0.6 is 23.4 Å². The third-order valence-corrected chi connectivity index (χ3v) is 5.13. The van der Waals surface area contributed by atoms with Crippen LogP contribution in [0.2, 0.25) is 5.02 Å². The Kier molecular flexibility index (Phi) is 5.45. The molecule has 1 unspecified atom stereocenters. The molecule has 8 heteroatoms. The third-order valence-electron chi connectivity index (χ3n) is 3.67. The average molecular weight is 377 g/mol. The Hall–Kier alpha value is -2.25. The van der Waals surface area contributed by atoms with Crippen molar-refractivity contribution in [3.8, 4) is 11.6 Å². The van der Waals surface area contributed by atoms with Gasteiger partial charge in [-0.25, -0.2) is 0 Å². The van der Waals surface area contributed by atoms with Crippen molar-refractivity contribution in [1.82, 2.24) is 14.8 Å². The number of primary amides is 1. The first-order valence-corrected chi connectivity index (χ1v) is 8.98. The van der Waals surface area contributed by atoms with Crippen LogP contribution in [0.3, 0.4) is 0 Å². The second kappa shape index (κ2) is 7.76. The number of hydrogen-bond donors (Lipinski definition) is 1. The Bertz CT molecular complexity index is 863. The van der Waals surface area contributed by atoms with E-state index in [1.807, 2.05) is 35.8 Å². The number of thioether (sulfide) groups is 1. The summed E-state index contributed by atoms with van der Waals surface area (Å²) in [6.07, 6.45) is 1.77. The van der Waals surface area contributed by atoms with E-state index in [0.29, 0.717) is 28.3 Å². The van der Waals surface area contributed by atoms with Gasteiger partial charge < -0.3 is 10.2 Å². The van der Waals surface area contributed by atoms with Gasteiger partial charge in [-0.05, 0) is 30.7 Å². The van der Waals surface area contributed by atoms with E-state index >= 15 is 0 Å². The van der Waals surface area contributed by atoms with Gasteiger partial charge in [0, 0.05) is 23.2 Å². The molecule has 0 aliphatic rings. The summed E-state index contributed by atoms with van der Waals surface area (Å²) in [5, 5.41) is 9.94. The number of nitrogens with two attached hydrogens (primary N) is 1. The van der Waals surface area contributed by atoms with Crippen molar-refractivity contribution < 1.29 is 9.21 Å². The van der Waals surface area contributed by atoms with Crippen molar-refractivity contribution in [2.24, 2.45) is 5.73 Å². The zero-order chi connectivity index (χ0) is 17.8. The summed E-state index contributed by atoms with van der Waals surface area (Å²) in [5.41, 5.74) is 6.31. The fourth-order valence-electron chi connectivity index (χ4n) is 2.41. The van der Waals surface area contributed by atoms with Crippen LogP contribution in [0.15, 0.2) is 52.2 Å². The van der Waals surface area contributed by atoms with E-state index in [4.69, 9.17) is 21.8 Å². The first-order valence-electron chi connectivity index (χ1n) is 7.72. The van der Waals surface area contributed by atoms with Gasteiger partial charge in [-0.2, -0.15) is 0 Å². The van der Waals surface area contributed by atoms with Crippen molar-refractivity contribution in [3.05, 3.63) is 53.2 Å². The summed E-state index contributed by atoms with van der Waals surface area (Å²) < 4.78 is 7.27. The van der Waals surface area contributed by atoms with Crippen LogP contribution in [-0.2, 0) is 11.3 Å². The summed E-state index contributed by atoms with van der Waals surface area (Å²) in [5.74, 6) is 0.781. The van der Waals surface area contributed by atoms with Gasteiger partial charge >= 0.3 is 0 Å². The van der Waals surface area contributed by atoms with Crippen LogP contribution in [0, 0.1) is 0 Å². The Labute approximate surface area is 154 Å². The lowest BCUT2D eigenvalue weighted by Crippen LogP contribution is -2.15. The van der Waals surface area contributed by atoms with E-state index in [2.05, 4.69) is 10.2 Å². The molecule has 130 valence electrons. The number of amides is 1. The molecule has 1 atom stereocenters. The highest BCUT2D eigenvalue weighted by Gasteiger charge is 2.20. The van der Waals surface area contributed by atoms with Crippen molar-refractivity contribution in [2.75, 3.05) is 0 Å². The number of hydrogen-bond acceptors (Lipinski definition) is 5. The van der Waals surface area contributed by atoms with Gasteiger partial charge in [0.15, 0.2) is 16.7 Å². The number of furan rings is 1. The van der Waals surface area contributed by atoms with Crippen molar-refractivity contribution in [2.45, 2.75) is 30.3 Å². The predicted molar refractivity (Wildman–Crippen MR) is 97.3 cm³/mol. The molecule has 0 saturated heterocycles. The molecule has 0 bridgehead atoms. The third kappa shape index (κ3) is 4.05. The lowest BCUT2D eigenvalue weighted by atomic mass is 10.2. The second-order valence-electron chi connectivity index (χ2n) is 5.43. The van der Waals surface area contributed by atoms with E-state index in [0.717, 1.165) is 5.56 Å². The average Bonchev–Trinajstić information content (AvgIpc) is 3.22. The summed E-state index contributed by atoms with van der Waals surface area (Å²) in [6.45, 7) is 2.43. The lowest BCUT2D eigenvalue weighted by molar-refractivity contribution is -0.118. The van der Waals surface area contributed by atoms with Crippen LogP contribution < -0.4 is 5.73 Å². The standard InChI is InChI=1S/C17H17ClN4O2S/c1-11(12-5-2-3-6-13(12)18)25-17-21-20-16(14-7-4-10-24-14)22(17)9-8-15(19)23/h2-7,10-11H,8-9H2,1H3,(H2,19,23). The molecule has 2 N–H and O–H groups in total.